The standard InChI is InChI=1S/C24H25N9O2S/c1-16(9-10-17-11-13-18(14-12-17)32(2)3)26-28-24(34)21-20(15-36-19-7-5-4-6-8-19)33(31-27-21)23-22(25)29-35-30-23/h4-14,26H,1,15H2,2-3H3,(H2,25,29)(H,28,34). The van der Waals surface area contributed by atoms with Crippen LogP contribution in [0.5, 0.6) is 0 Å². The molecule has 0 spiro atoms. The molecule has 4 aromatic rings. The molecular formula is C24H25N9O2S. The van der Waals surface area contributed by atoms with Crippen LogP contribution >= 0.6 is 11.8 Å². The number of allylic oxidation sites excluding steroid dienone is 1. The monoisotopic (exact) mass is 503 g/mol. The normalized spacial score (nSPS) is 10.9. The molecule has 12 heteroatoms. The molecule has 0 saturated carbocycles. The summed E-state index contributed by atoms with van der Waals surface area (Å²) in [4.78, 5) is 16.0. The highest BCUT2D eigenvalue weighted by Gasteiger charge is 2.24. The van der Waals surface area contributed by atoms with Crippen molar-refractivity contribution in [2.24, 2.45) is 0 Å². The van der Waals surface area contributed by atoms with Crippen molar-refractivity contribution in [3.63, 3.8) is 0 Å². The van der Waals surface area contributed by atoms with Crippen LogP contribution in [0, 0.1) is 0 Å². The second kappa shape index (κ2) is 11.2. The van der Waals surface area contributed by atoms with Gasteiger partial charge in [-0.2, -0.15) is 4.68 Å². The quantitative estimate of drug-likeness (QED) is 0.168. The van der Waals surface area contributed by atoms with E-state index < -0.39 is 5.91 Å². The van der Waals surface area contributed by atoms with E-state index in [9.17, 15) is 4.79 Å². The molecule has 0 aliphatic heterocycles. The van der Waals surface area contributed by atoms with Gasteiger partial charge in [-0.05, 0) is 46.2 Å². The highest BCUT2D eigenvalue weighted by Crippen LogP contribution is 2.25. The SMILES string of the molecule is C=C(C=Cc1ccc(N(C)C)cc1)NNC(=O)c1nnn(-c2nonc2N)c1CSc1ccccc1. The fraction of sp³-hybridized carbons (Fsp3) is 0.125. The zero-order valence-electron chi connectivity index (χ0n) is 19.8. The van der Waals surface area contributed by atoms with E-state index in [1.54, 1.807) is 6.08 Å². The van der Waals surface area contributed by atoms with Crippen LogP contribution < -0.4 is 21.5 Å². The number of carbonyl (C=O) groups is 1. The number of nitrogens with one attached hydrogen (secondary N) is 2. The Morgan fingerprint density at radius 1 is 1.14 bits per heavy atom. The first-order valence-corrected chi connectivity index (χ1v) is 11.8. The van der Waals surface area contributed by atoms with Crippen LogP contribution in [0.25, 0.3) is 11.9 Å². The van der Waals surface area contributed by atoms with Crippen LogP contribution in [-0.4, -0.2) is 45.3 Å². The molecule has 11 nitrogen and oxygen atoms in total. The van der Waals surface area contributed by atoms with Crippen LogP contribution in [-0.2, 0) is 5.75 Å². The van der Waals surface area contributed by atoms with Crippen LogP contribution in [0.15, 0.2) is 82.5 Å². The van der Waals surface area contributed by atoms with Gasteiger partial charge >= 0.3 is 0 Å². The summed E-state index contributed by atoms with van der Waals surface area (Å²) in [6, 6.07) is 17.8. The molecule has 2 aromatic heterocycles. The molecule has 36 heavy (non-hydrogen) atoms. The molecular weight excluding hydrogens is 478 g/mol. The molecule has 0 radical (unpaired) electrons. The number of amides is 1. The van der Waals surface area contributed by atoms with Crippen LogP contribution in [0.4, 0.5) is 11.5 Å². The highest BCUT2D eigenvalue weighted by atomic mass is 32.2. The molecule has 0 atom stereocenters. The third-order valence-corrected chi connectivity index (χ3v) is 6.04. The fourth-order valence-electron chi connectivity index (χ4n) is 3.10. The highest BCUT2D eigenvalue weighted by molar-refractivity contribution is 7.98. The Hall–Kier alpha value is -4.58. The average molecular weight is 504 g/mol. The summed E-state index contributed by atoms with van der Waals surface area (Å²) in [7, 11) is 3.97. The molecule has 0 unspecified atom stereocenters. The van der Waals surface area contributed by atoms with Crippen molar-refractivity contribution < 1.29 is 9.42 Å². The van der Waals surface area contributed by atoms with E-state index in [0.29, 0.717) is 17.1 Å². The number of nitrogens with zero attached hydrogens (tertiary/aromatic N) is 6. The van der Waals surface area contributed by atoms with Gasteiger partial charge < -0.3 is 10.6 Å². The van der Waals surface area contributed by atoms with Crippen LogP contribution in [0.3, 0.4) is 0 Å². The number of hydrogen-bond donors (Lipinski definition) is 3. The maximum atomic E-state index is 13.0. The van der Waals surface area contributed by atoms with Crippen LogP contribution in [0.2, 0.25) is 0 Å². The lowest BCUT2D eigenvalue weighted by Crippen LogP contribution is -2.36. The zero-order valence-corrected chi connectivity index (χ0v) is 20.6. The predicted octanol–water partition coefficient (Wildman–Crippen LogP) is 3.05. The molecule has 4 N–H and O–H groups in total. The summed E-state index contributed by atoms with van der Waals surface area (Å²) in [6.45, 7) is 3.92. The van der Waals surface area contributed by atoms with Gasteiger partial charge in [0.15, 0.2) is 5.69 Å². The Kier molecular flexibility index (Phi) is 7.66. The number of nitrogen functional groups attached to an aromatic ring is 1. The lowest BCUT2D eigenvalue weighted by molar-refractivity contribution is 0.0933. The largest absolute Gasteiger partial charge is 0.378 e. The van der Waals surface area contributed by atoms with Crippen molar-refractivity contribution in [2.75, 3.05) is 24.7 Å². The molecule has 2 heterocycles. The van der Waals surface area contributed by atoms with Gasteiger partial charge in [0, 0.05) is 36.1 Å². The van der Waals surface area contributed by atoms with Gasteiger partial charge in [0.05, 0.1) is 5.69 Å². The van der Waals surface area contributed by atoms with Gasteiger partial charge in [-0.25, -0.2) is 4.63 Å². The van der Waals surface area contributed by atoms with Gasteiger partial charge in [0.2, 0.25) is 11.6 Å². The maximum absolute atomic E-state index is 13.0. The third kappa shape index (κ3) is 5.91. The second-order valence-electron chi connectivity index (χ2n) is 7.80. The number of nitrogens with two attached hydrogens (primary N) is 1. The number of carbonyl (C=O) groups excluding carboxylic acids is 1. The van der Waals surface area contributed by atoms with E-state index in [2.05, 4.69) is 38.1 Å². The van der Waals surface area contributed by atoms with E-state index in [1.807, 2.05) is 79.7 Å². The number of benzene rings is 2. The van der Waals surface area contributed by atoms with E-state index in [1.165, 1.54) is 16.4 Å². The van der Waals surface area contributed by atoms with Crippen molar-refractivity contribution in [3.05, 3.63) is 89.9 Å². The van der Waals surface area contributed by atoms with E-state index in [4.69, 9.17) is 10.4 Å². The molecule has 0 bridgehead atoms. The average Bonchev–Trinajstić information content (AvgIpc) is 3.51. The first-order valence-electron chi connectivity index (χ1n) is 10.8. The van der Waals surface area contributed by atoms with Crippen molar-refractivity contribution in [2.45, 2.75) is 10.6 Å². The number of hydrogen-bond acceptors (Lipinski definition) is 10. The third-order valence-electron chi connectivity index (χ3n) is 5.02. The summed E-state index contributed by atoms with van der Waals surface area (Å²) < 4.78 is 6.04. The Balaban J connectivity index is 1.45. The number of hydrazine groups is 1. The fourth-order valence-corrected chi connectivity index (χ4v) is 4.01. The first-order chi connectivity index (χ1) is 17.4. The summed E-state index contributed by atoms with van der Waals surface area (Å²) in [5.74, 6) is 0.0688. The first kappa shape index (κ1) is 24.5. The maximum Gasteiger partial charge on any atom is 0.292 e. The van der Waals surface area contributed by atoms with Gasteiger partial charge in [0.1, 0.15) is 0 Å². The second-order valence-corrected chi connectivity index (χ2v) is 8.84. The molecule has 0 aliphatic carbocycles. The van der Waals surface area contributed by atoms with Crippen molar-refractivity contribution in [1.29, 1.82) is 0 Å². The van der Waals surface area contributed by atoms with Gasteiger partial charge in [-0.1, -0.05) is 48.2 Å². The summed E-state index contributed by atoms with van der Waals surface area (Å²) in [6.07, 6.45) is 3.65. The molecule has 4 rings (SSSR count). The Morgan fingerprint density at radius 3 is 2.56 bits per heavy atom. The van der Waals surface area contributed by atoms with Gasteiger partial charge in [-0.15, -0.1) is 16.9 Å². The summed E-state index contributed by atoms with van der Waals surface area (Å²) in [5.41, 5.74) is 14.4. The Morgan fingerprint density at radius 2 is 1.89 bits per heavy atom. The minimum Gasteiger partial charge on any atom is -0.378 e. The topological polar surface area (TPSA) is 140 Å². The smallest absolute Gasteiger partial charge is 0.292 e. The van der Waals surface area contributed by atoms with Crippen molar-refractivity contribution >= 4 is 35.3 Å². The minimum absolute atomic E-state index is 0.0353. The van der Waals surface area contributed by atoms with Crippen molar-refractivity contribution in [3.8, 4) is 5.82 Å². The molecule has 0 saturated heterocycles. The predicted molar refractivity (Wildman–Crippen MR) is 139 cm³/mol. The van der Waals surface area contributed by atoms with Crippen molar-refractivity contribution in [1.82, 2.24) is 36.2 Å². The molecule has 184 valence electrons. The number of aromatic nitrogens is 5. The molecule has 1 amide bonds. The van der Waals surface area contributed by atoms with Gasteiger partial charge in [0.25, 0.3) is 5.91 Å². The zero-order chi connectivity index (χ0) is 25.5. The van der Waals surface area contributed by atoms with E-state index >= 15 is 0 Å². The van der Waals surface area contributed by atoms with Gasteiger partial charge in [-0.3, -0.25) is 15.6 Å². The Labute approximate surface area is 212 Å². The summed E-state index contributed by atoms with van der Waals surface area (Å²) in [5, 5.41) is 15.5. The Bertz CT molecular complexity index is 1360. The molecule has 2 aromatic carbocycles. The number of anilines is 2. The van der Waals surface area contributed by atoms with Crippen LogP contribution in [0.1, 0.15) is 21.7 Å². The lowest BCUT2D eigenvalue weighted by Gasteiger charge is -2.12. The molecule has 0 aliphatic rings. The van der Waals surface area contributed by atoms with E-state index in [0.717, 1.165) is 16.1 Å². The lowest BCUT2D eigenvalue weighted by atomic mass is 10.2. The summed E-state index contributed by atoms with van der Waals surface area (Å²) >= 11 is 1.51. The van der Waals surface area contributed by atoms with E-state index in [-0.39, 0.29) is 17.3 Å². The minimum atomic E-state index is -0.496. The molecule has 0 fully saturated rings. The number of thioether (sulfide) groups is 1. The number of rotatable bonds is 10.